The van der Waals surface area contributed by atoms with Crippen LogP contribution in [0.25, 0.3) is 0 Å². The van der Waals surface area contributed by atoms with Crippen LogP contribution >= 0.6 is 24.0 Å². The molecule has 0 unspecified atom stereocenters. The number of halogens is 2. The molecule has 7 heteroatoms. The smallest absolute Gasteiger partial charge is 0.219 e. The van der Waals surface area contributed by atoms with Crippen molar-refractivity contribution in [1.29, 1.82) is 0 Å². The van der Waals surface area contributed by atoms with Crippen LogP contribution in [-0.4, -0.2) is 10.9 Å². The molecule has 3 rings (SSSR count). The maximum Gasteiger partial charge on any atom is 0.219 e. The second kappa shape index (κ2) is 10.0. The maximum atomic E-state index is 13.0. The highest BCUT2D eigenvalue weighted by Gasteiger charge is 2.02. The molecule has 0 radical (unpaired) electrons. The van der Waals surface area contributed by atoms with Gasteiger partial charge < -0.3 is 15.8 Å². The van der Waals surface area contributed by atoms with E-state index in [0.29, 0.717) is 24.1 Å². The van der Waals surface area contributed by atoms with Gasteiger partial charge in [-0.25, -0.2) is 14.4 Å². The monoisotopic (exact) mass is 492 g/mol. The SMILES string of the molecule is Cc1cc(C)cc(NC(N)=NCc2ccnc(Oc3ccc(F)cc3)c2)c1.I. The standard InChI is InChI=1S/C21H21FN4O.HI/c1-14-9-15(2)11-18(10-14)26-21(23)25-13-16-7-8-24-20(12-16)27-19-5-3-17(22)4-6-19;/h3-12H,13H2,1-2H3,(H3,23,25,26);1H. The van der Waals surface area contributed by atoms with Crippen molar-refractivity contribution < 1.29 is 9.13 Å². The summed E-state index contributed by atoms with van der Waals surface area (Å²) in [4.78, 5) is 8.52. The van der Waals surface area contributed by atoms with Crippen molar-refractivity contribution in [3.63, 3.8) is 0 Å². The molecule has 0 aliphatic carbocycles. The quantitative estimate of drug-likeness (QED) is 0.293. The van der Waals surface area contributed by atoms with Crippen LogP contribution in [0.5, 0.6) is 11.6 Å². The first-order chi connectivity index (χ1) is 13.0. The number of hydrogen-bond acceptors (Lipinski definition) is 3. The third-order valence-electron chi connectivity index (χ3n) is 3.76. The van der Waals surface area contributed by atoms with Crippen LogP contribution in [0.4, 0.5) is 10.1 Å². The van der Waals surface area contributed by atoms with E-state index < -0.39 is 0 Å². The zero-order valence-electron chi connectivity index (χ0n) is 15.6. The van der Waals surface area contributed by atoms with Gasteiger partial charge in [-0.15, -0.1) is 24.0 Å². The van der Waals surface area contributed by atoms with Crippen LogP contribution in [0.3, 0.4) is 0 Å². The summed E-state index contributed by atoms with van der Waals surface area (Å²) >= 11 is 0. The van der Waals surface area contributed by atoms with Crippen LogP contribution < -0.4 is 15.8 Å². The molecule has 3 N–H and O–H groups in total. The van der Waals surface area contributed by atoms with E-state index in [4.69, 9.17) is 10.5 Å². The molecule has 28 heavy (non-hydrogen) atoms. The van der Waals surface area contributed by atoms with E-state index in [1.54, 1.807) is 24.4 Å². The molecule has 0 aliphatic rings. The Morgan fingerprint density at radius 2 is 1.75 bits per heavy atom. The molecular formula is C21H22FIN4O. The largest absolute Gasteiger partial charge is 0.439 e. The van der Waals surface area contributed by atoms with Gasteiger partial charge in [0.2, 0.25) is 5.88 Å². The normalized spacial score (nSPS) is 10.9. The number of anilines is 1. The molecule has 0 aliphatic heterocycles. The minimum atomic E-state index is -0.315. The van der Waals surface area contributed by atoms with Gasteiger partial charge in [-0.1, -0.05) is 6.07 Å². The fourth-order valence-corrected chi connectivity index (χ4v) is 2.64. The molecule has 0 bridgehead atoms. The van der Waals surface area contributed by atoms with Crippen molar-refractivity contribution in [2.24, 2.45) is 10.7 Å². The lowest BCUT2D eigenvalue weighted by Crippen LogP contribution is -2.22. The highest BCUT2D eigenvalue weighted by atomic mass is 127. The number of nitrogens with two attached hydrogens (primary N) is 1. The number of nitrogens with one attached hydrogen (secondary N) is 1. The van der Waals surface area contributed by atoms with Gasteiger partial charge in [0.1, 0.15) is 11.6 Å². The Morgan fingerprint density at radius 3 is 2.43 bits per heavy atom. The average Bonchev–Trinajstić information content (AvgIpc) is 2.61. The third kappa shape index (κ3) is 6.49. The lowest BCUT2D eigenvalue weighted by molar-refractivity contribution is 0.460. The van der Waals surface area contributed by atoms with E-state index >= 15 is 0 Å². The van der Waals surface area contributed by atoms with Gasteiger partial charge in [0.15, 0.2) is 5.96 Å². The number of nitrogens with zero attached hydrogens (tertiary/aromatic N) is 2. The molecule has 3 aromatic rings. The Bertz CT molecular complexity index is 941. The van der Waals surface area contributed by atoms with Gasteiger partial charge in [-0.2, -0.15) is 0 Å². The molecule has 1 heterocycles. The van der Waals surface area contributed by atoms with Crippen molar-refractivity contribution in [2.45, 2.75) is 20.4 Å². The van der Waals surface area contributed by atoms with Crippen LogP contribution in [0.2, 0.25) is 0 Å². The Morgan fingerprint density at radius 1 is 1.07 bits per heavy atom. The zero-order chi connectivity index (χ0) is 19.2. The van der Waals surface area contributed by atoms with E-state index in [9.17, 15) is 4.39 Å². The Kier molecular flexibility index (Phi) is 7.74. The summed E-state index contributed by atoms with van der Waals surface area (Å²) < 4.78 is 18.6. The van der Waals surface area contributed by atoms with Gasteiger partial charge in [0.05, 0.1) is 6.54 Å². The molecule has 0 saturated carbocycles. The summed E-state index contributed by atoms with van der Waals surface area (Å²) in [7, 11) is 0. The number of hydrogen-bond donors (Lipinski definition) is 2. The predicted octanol–water partition coefficient (Wildman–Crippen LogP) is 5.17. The summed E-state index contributed by atoms with van der Waals surface area (Å²) in [6.07, 6.45) is 1.64. The van der Waals surface area contributed by atoms with Crippen molar-refractivity contribution in [3.8, 4) is 11.6 Å². The number of benzene rings is 2. The second-order valence-electron chi connectivity index (χ2n) is 6.26. The average molecular weight is 492 g/mol. The van der Waals surface area contributed by atoms with E-state index in [2.05, 4.69) is 21.4 Å². The Labute approximate surface area is 180 Å². The molecule has 0 saturated heterocycles. The van der Waals surface area contributed by atoms with Crippen molar-refractivity contribution >= 4 is 35.6 Å². The van der Waals surface area contributed by atoms with Crippen molar-refractivity contribution in [1.82, 2.24) is 4.98 Å². The van der Waals surface area contributed by atoms with Gasteiger partial charge in [-0.05, 0) is 73.0 Å². The van der Waals surface area contributed by atoms with Gasteiger partial charge in [0.25, 0.3) is 0 Å². The number of aryl methyl sites for hydroxylation is 2. The first kappa shape index (κ1) is 21.6. The van der Waals surface area contributed by atoms with E-state index in [0.717, 1.165) is 22.4 Å². The molecule has 5 nitrogen and oxygen atoms in total. The van der Waals surface area contributed by atoms with Crippen LogP contribution in [0.1, 0.15) is 16.7 Å². The summed E-state index contributed by atoms with van der Waals surface area (Å²) in [5.74, 6) is 0.943. The van der Waals surface area contributed by atoms with Crippen LogP contribution in [-0.2, 0) is 6.54 Å². The predicted molar refractivity (Wildman–Crippen MR) is 121 cm³/mol. The van der Waals surface area contributed by atoms with E-state index in [1.807, 2.05) is 32.0 Å². The molecule has 0 fully saturated rings. The summed E-state index contributed by atoms with van der Waals surface area (Å²) in [6, 6.07) is 15.5. The van der Waals surface area contributed by atoms with E-state index in [-0.39, 0.29) is 29.8 Å². The van der Waals surface area contributed by atoms with Crippen molar-refractivity contribution in [3.05, 3.63) is 83.3 Å². The minimum Gasteiger partial charge on any atom is -0.439 e. The number of guanidine groups is 1. The number of aromatic nitrogens is 1. The highest BCUT2D eigenvalue weighted by molar-refractivity contribution is 14.0. The fraction of sp³-hybridized carbons (Fsp3) is 0.143. The third-order valence-corrected chi connectivity index (χ3v) is 3.76. The maximum absolute atomic E-state index is 13.0. The first-order valence-corrected chi connectivity index (χ1v) is 8.51. The molecule has 2 aromatic carbocycles. The first-order valence-electron chi connectivity index (χ1n) is 8.51. The van der Waals surface area contributed by atoms with E-state index in [1.165, 1.54) is 12.1 Å². The van der Waals surface area contributed by atoms with Crippen LogP contribution in [0.15, 0.2) is 65.8 Å². The Balaban J connectivity index is 0.00000280. The Hall–Kier alpha value is -2.68. The lowest BCUT2D eigenvalue weighted by Gasteiger charge is -2.08. The summed E-state index contributed by atoms with van der Waals surface area (Å²) in [5, 5.41) is 3.10. The molecule has 0 amide bonds. The molecule has 1 aromatic heterocycles. The highest BCUT2D eigenvalue weighted by Crippen LogP contribution is 2.20. The van der Waals surface area contributed by atoms with Crippen molar-refractivity contribution in [2.75, 3.05) is 5.32 Å². The number of aliphatic imine (C=N–C) groups is 1. The van der Waals surface area contributed by atoms with Gasteiger partial charge >= 0.3 is 0 Å². The number of rotatable bonds is 5. The lowest BCUT2D eigenvalue weighted by atomic mass is 10.1. The molecule has 0 atom stereocenters. The fourth-order valence-electron chi connectivity index (χ4n) is 2.64. The zero-order valence-corrected chi connectivity index (χ0v) is 18.0. The summed E-state index contributed by atoms with van der Waals surface area (Å²) in [6.45, 7) is 4.45. The molecular weight excluding hydrogens is 470 g/mol. The second-order valence-corrected chi connectivity index (χ2v) is 6.26. The number of ether oxygens (including phenoxy) is 1. The number of pyridine rings is 1. The van der Waals surface area contributed by atoms with Gasteiger partial charge in [0, 0.05) is 18.0 Å². The molecule has 0 spiro atoms. The topological polar surface area (TPSA) is 72.5 Å². The molecule has 146 valence electrons. The van der Waals surface area contributed by atoms with Gasteiger partial charge in [-0.3, -0.25) is 0 Å². The minimum absolute atomic E-state index is 0. The summed E-state index contributed by atoms with van der Waals surface area (Å²) in [5.41, 5.74) is 10.1. The van der Waals surface area contributed by atoms with Crippen LogP contribution in [0, 0.1) is 19.7 Å².